The average Bonchev–Trinajstić information content (AvgIpc) is 2.15. The van der Waals surface area contributed by atoms with Crippen molar-refractivity contribution in [3.8, 4) is 0 Å². The lowest BCUT2D eigenvalue weighted by atomic mass is 10.2. The molecule has 0 fully saturated rings. The van der Waals surface area contributed by atoms with Crippen LogP contribution >= 0.6 is 12.2 Å². The minimum absolute atomic E-state index is 0.292. The zero-order valence-electron chi connectivity index (χ0n) is 8.32. The number of thiocarbonyl (C=S) groups is 1. The fourth-order valence-corrected chi connectivity index (χ4v) is 0.990. The van der Waals surface area contributed by atoms with Gasteiger partial charge in [0, 0.05) is 12.7 Å². The second-order valence-corrected chi connectivity index (χ2v) is 3.84. The summed E-state index contributed by atoms with van der Waals surface area (Å²) >= 11 is 4.82. The lowest BCUT2D eigenvalue weighted by Gasteiger charge is -2.07. The number of hydrogen-bond acceptors (Lipinski definition) is 4. The molecule has 76 valence electrons. The molecule has 14 heavy (non-hydrogen) atoms. The van der Waals surface area contributed by atoms with Crippen molar-refractivity contribution < 1.29 is 0 Å². The van der Waals surface area contributed by atoms with Crippen molar-refractivity contribution in [3.63, 3.8) is 0 Å². The monoisotopic (exact) mass is 210 g/mol. The number of aromatic nitrogens is 2. The summed E-state index contributed by atoms with van der Waals surface area (Å²) in [6.07, 6.45) is 1.64. The van der Waals surface area contributed by atoms with E-state index in [1.807, 2.05) is 0 Å². The molecule has 0 aliphatic rings. The van der Waals surface area contributed by atoms with E-state index in [1.54, 1.807) is 12.3 Å². The SMILES string of the molecule is CC(C)CNc1nccc(C(N)=S)n1. The van der Waals surface area contributed by atoms with E-state index in [1.165, 1.54) is 0 Å². The van der Waals surface area contributed by atoms with Gasteiger partial charge in [-0.1, -0.05) is 26.1 Å². The van der Waals surface area contributed by atoms with E-state index in [2.05, 4.69) is 29.1 Å². The summed E-state index contributed by atoms with van der Waals surface area (Å²) < 4.78 is 0. The maximum atomic E-state index is 5.45. The van der Waals surface area contributed by atoms with E-state index in [-0.39, 0.29) is 0 Å². The second kappa shape index (κ2) is 4.85. The summed E-state index contributed by atoms with van der Waals surface area (Å²) in [4.78, 5) is 8.50. The molecule has 1 aromatic rings. The summed E-state index contributed by atoms with van der Waals surface area (Å²) in [5, 5.41) is 3.10. The Kier molecular flexibility index (Phi) is 3.76. The molecule has 0 aromatic carbocycles. The van der Waals surface area contributed by atoms with Crippen LogP contribution in [0.1, 0.15) is 19.5 Å². The topological polar surface area (TPSA) is 63.8 Å². The van der Waals surface area contributed by atoms with E-state index in [4.69, 9.17) is 18.0 Å². The molecular weight excluding hydrogens is 196 g/mol. The van der Waals surface area contributed by atoms with Crippen LogP contribution in [0.4, 0.5) is 5.95 Å². The molecule has 0 radical (unpaired) electrons. The number of rotatable bonds is 4. The Bertz CT molecular complexity index is 324. The molecule has 0 spiro atoms. The van der Waals surface area contributed by atoms with Crippen molar-refractivity contribution in [1.29, 1.82) is 0 Å². The van der Waals surface area contributed by atoms with E-state index >= 15 is 0 Å². The summed E-state index contributed by atoms with van der Waals surface area (Å²) in [6.45, 7) is 5.07. The first-order valence-electron chi connectivity index (χ1n) is 4.46. The van der Waals surface area contributed by atoms with Crippen LogP contribution in [-0.2, 0) is 0 Å². The van der Waals surface area contributed by atoms with Crippen molar-refractivity contribution in [1.82, 2.24) is 9.97 Å². The highest BCUT2D eigenvalue weighted by Crippen LogP contribution is 2.01. The molecule has 0 aliphatic carbocycles. The predicted molar refractivity (Wildman–Crippen MR) is 61.2 cm³/mol. The maximum Gasteiger partial charge on any atom is 0.223 e. The Balaban J connectivity index is 2.69. The molecule has 3 N–H and O–H groups in total. The predicted octanol–water partition coefficient (Wildman–Crippen LogP) is 1.18. The van der Waals surface area contributed by atoms with Gasteiger partial charge in [0.15, 0.2) is 0 Å². The fourth-order valence-electron chi connectivity index (χ4n) is 0.877. The van der Waals surface area contributed by atoms with Gasteiger partial charge in [0.05, 0.1) is 0 Å². The third kappa shape index (κ3) is 3.26. The summed E-state index contributed by atoms with van der Waals surface area (Å²) in [5.74, 6) is 1.12. The molecule has 1 rings (SSSR count). The van der Waals surface area contributed by atoms with Gasteiger partial charge in [-0.05, 0) is 12.0 Å². The molecule has 0 atom stereocenters. The minimum atomic E-state index is 0.292. The van der Waals surface area contributed by atoms with Crippen molar-refractivity contribution in [2.45, 2.75) is 13.8 Å². The van der Waals surface area contributed by atoms with Crippen LogP contribution in [0, 0.1) is 5.92 Å². The van der Waals surface area contributed by atoms with Gasteiger partial charge in [-0.25, -0.2) is 9.97 Å². The van der Waals surface area contributed by atoms with Gasteiger partial charge < -0.3 is 11.1 Å². The van der Waals surface area contributed by atoms with Crippen molar-refractivity contribution >= 4 is 23.2 Å². The third-order valence-electron chi connectivity index (χ3n) is 1.58. The van der Waals surface area contributed by atoms with Gasteiger partial charge in [-0.15, -0.1) is 0 Å². The molecule has 0 amide bonds. The molecule has 1 heterocycles. The van der Waals surface area contributed by atoms with Gasteiger partial charge in [0.1, 0.15) is 10.7 Å². The zero-order chi connectivity index (χ0) is 10.6. The highest BCUT2D eigenvalue weighted by atomic mass is 32.1. The largest absolute Gasteiger partial charge is 0.388 e. The van der Waals surface area contributed by atoms with Crippen LogP contribution in [0.3, 0.4) is 0 Å². The first-order valence-corrected chi connectivity index (χ1v) is 4.87. The van der Waals surface area contributed by atoms with Gasteiger partial charge >= 0.3 is 0 Å². The van der Waals surface area contributed by atoms with Crippen LogP contribution in [-0.4, -0.2) is 21.5 Å². The molecular formula is C9H14N4S. The maximum absolute atomic E-state index is 5.45. The third-order valence-corrected chi connectivity index (χ3v) is 1.79. The quantitative estimate of drug-likeness (QED) is 0.731. The Morgan fingerprint density at radius 2 is 2.36 bits per heavy atom. The first kappa shape index (κ1) is 10.8. The fraction of sp³-hybridized carbons (Fsp3) is 0.444. The number of nitrogens with one attached hydrogen (secondary N) is 1. The number of anilines is 1. The molecule has 0 aliphatic heterocycles. The summed E-state index contributed by atoms with van der Waals surface area (Å²) in [6, 6.07) is 1.70. The Hall–Kier alpha value is -1.23. The van der Waals surface area contributed by atoms with E-state index < -0.39 is 0 Å². The van der Waals surface area contributed by atoms with E-state index in [0.717, 1.165) is 6.54 Å². The second-order valence-electron chi connectivity index (χ2n) is 3.40. The van der Waals surface area contributed by atoms with Crippen molar-refractivity contribution in [2.24, 2.45) is 11.7 Å². The van der Waals surface area contributed by atoms with Gasteiger partial charge in [-0.2, -0.15) is 0 Å². The summed E-state index contributed by atoms with van der Waals surface area (Å²) in [5.41, 5.74) is 6.05. The normalized spacial score (nSPS) is 10.2. The molecule has 4 nitrogen and oxygen atoms in total. The standard InChI is InChI=1S/C9H14N4S/c1-6(2)5-12-9-11-4-3-7(13-9)8(10)14/h3-4,6H,5H2,1-2H3,(H2,10,14)(H,11,12,13). The van der Waals surface area contributed by atoms with Gasteiger partial charge in [0.2, 0.25) is 5.95 Å². The van der Waals surface area contributed by atoms with Crippen LogP contribution < -0.4 is 11.1 Å². The molecule has 0 bridgehead atoms. The first-order chi connectivity index (χ1) is 6.59. The van der Waals surface area contributed by atoms with Crippen LogP contribution in [0.2, 0.25) is 0 Å². The molecule has 0 saturated carbocycles. The molecule has 0 unspecified atom stereocenters. The van der Waals surface area contributed by atoms with Crippen molar-refractivity contribution in [2.75, 3.05) is 11.9 Å². The van der Waals surface area contributed by atoms with Crippen LogP contribution in [0.15, 0.2) is 12.3 Å². The lowest BCUT2D eigenvalue weighted by molar-refractivity contribution is 0.684. The summed E-state index contributed by atoms with van der Waals surface area (Å²) in [7, 11) is 0. The lowest BCUT2D eigenvalue weighted by Crippen LogP contribution is -2.15. The highest BCUT2D eigenvalue weighted by molar-refractivity contribution is 7.80. The number of nitrogens with zero attached hydrogens (tertiary/aromatic N) is 2. The Morgan fingerprint density at radius 3 is 2.93 bits per heavy atom. The Labute approximate surface area is 88.9 Å². The highest BCUT2D eigenvalue weighted by Gasteiger charge is 2.01. The van der Waals surface area contributed by atoms with Gasteiger partial charge in [0.25, 0.3) is 0 Å². The molecule has 1 aromatic heterocycles. The smallest absolute Gasteiger partial charge is 0.223 e. The Morgan fingerprint density at radius 1 is 1.64 bits per heavy atom. The van der Waals surface area contributed by atoms with Crippen LogP contribution in [0.25, 0.3) is 0 Å². The molecule has 0 saturated heterocycles. The average molecular weight is 210 g/mol. The minimum Gasteiger partial charge on any atom is -0.388 e. The van der Waals surface area contributed by atoms with E-state index in [9.17, 15) is 0 Å². The molecule has 5 heteroatoms. The van der Waals surface area contributed by atoms with Crippen LogP contribution in [0.5, 0.6) is 0 Å². The zero-order valence-corrected chi connectivity index (χ0v) is 9.14. The number of nitrogens with two attached hydrogens (primary N) is 1. The number of hydrogen-bond donors (Lipinski definition) is 2. The van der Waals surface area contributed by atoms with E-state index in [0.29, 0.717) is 22.5 Å². The van der Waals surface area contributed by atoms with Crippen molar-refractivity contribution in [3.05, 3.63) is 18.0 Å². The van der Waals surface area contributed by atoms with Gasteiger partial charge in [-0.3, -0.25) is 0 Å².